The van der Waals surface area contributed by atoms with Crippen LogP contribution in [0.4, 0.5) is 18.9 Å². The highest BCUT2D eigenvalue weighted by Crippen LogP contribution is 2.36. The number of anilines is 1. The third-order valence-electron chi connectivity index (χ3n) is 3.46. The standard InChI is InChI=1S/C16H15BrF3NO3S/c1-3-10-8-12(17)5-7-15(10)25(22,23)21-13-9-11(16(18,19)20)4-6-14(13)24-2/h4-9,21H,3H2,1-2H3. The molecule has 0 spiro atoms. The van der Waals surface area contributed by atoms with Crippen LogP contribution in [0.25, 0.3) is 0 Å². The molecule has 0 saturated carbocycles. The Morgan fingerprint density at radius 3 is 2.40 bits per heavy atom. The summed E-state index contributed by atoms with van der Waals surface area (Å²) < 4.78 is 71.9. The Hall–Kier alpha value is -1.74. The first kappa shape index (κ1) is 19.6. The first-order chi connectivity index (χ1) is 11.6. The van der Waals surface area contributed by atoms with Crippen molar-refractivity contribution in [3.05, 3.63) is 52.0 Å². The highest BCUT2D eigenvalue weighted by atomic mass is 79.9. The van der Waals surface area contributed by atoms with E-state index in [0.717, 1.165) is 12.1 Å². The molecule has 0 radical (unpaired) electrons. The number of benzene rings is 2. The number of ether oxygens (including phenoxy) is 1. The van der Waals surface area contributed by atoms with Crippen LogP contribution in [0.3, 0.4) is 0 Å². The van der Waals surface area contributed by atoms with Crippen molar-refractivity contribution < 1.29 is 26.3 Å². The Bertz CT molecular complexity index is 883. The number of rotatable bonds is 5. The zero-order valence-electron chi connectivity index (χ0n) is 13.3. The molecule has 4 nitrogen and oxygen atoms in total. The maximum absolute atomic E-state index is 12.9. The normalized spacial score (nSPS) is 12.1. The predicted molar refractivity (Wildman–Crippen MR) is 92.3 cm³/mol. The zero-order chi connectivity index (χ0) is 18.8. The minimum atomic E-state index is -4.60. The number of aryl methyl sites for hydroxylation is 1. The second-order valence-electron chi connectivity index (χ2n) is 5.12. The van der Waals surface area contributed by atoms with Crippen molar-refractivity contribution in [1.82, 2.24) is 0 Å². The summed E-state index contributed by atoms with van der Waals surface area (Å²) in [5, 5.41) is 0. The molecule has 25 heavy (non-hydrogen) atoms. The van der Waals surface area contributed by atoms with E-state index in [1.54, 1.807) is 19.1 Å². The van der Waals surface area contributed by atoms with Gasteiger partial charge in [0.1, 0.15) is 5.75 Å². The highest BCUT2D eigenvalue weighted by Gasteiger charge is 2.32. The minimum Gasteiger partial charge on any atom is -0.495 e. The first-order valence-corrected chi connectivity index (χ1v) is 9.42. The average Bonchev–Trinajstić information content (AvgIpc) is 2.53. The van der Waals surface area contributed by atoms with Crippen LogP contribution >= 0.6 is 15.9 Å². The molecule has 0 atom stereocenters. The van der Waals surface area contributed by atoms with Crippen LogP contribution in [0.1, 0.15) is 18.1 Å². The molecule has 1 N–H and O–H groups in total. The van der Waals surface area contributed by atoms with Crippen LogP contribution in [0.2, 0.25) is 0 Å². The monoisotopic (exact) mass is 437 g/mol. The molecular weight excluding hydrogens is 423 g/mol. The molecule has 0 heterocycles. The molecule has 0 aliphatic carbocycles. The van der Waals surface area contributed by atoms with Crippen LogP contribution in [0.15, 0.2) is 45.8 Å². The molecule has 2 rings (SSSR count). The quantitative estimate of drug-likeness (QED) is 0.727. The lowest BCUT2D eigenvalue weighted by molar-refractivity contribution is -0.137. The van der Waals surface area contributed by atoms with E-state index >= 15 is 0 Å². The molecule has 0 amide bonds. The fourth-order valence-corrected chi connectivity index (χ4v) is 4.01. The highest BCUT2D eigenvalue weighted by molar-refractivity contribution is 9.10. The van der Waals surface area contributed by atoms with Gasteiger partial charge in [0.25, 0.3) is 10.0 Å². The third-order valence-corrected chi connectivity index (χ3v) is 5.42. The van der Waals surface area contributed by atoms with Gasteiger partial charge < -0.3 is 4.74 Å². The van der Waals surface area contributed by atoms with E-state index in [9.17, 15) is 21.6 Å². The summed E-state index contributed by atoms with van der Waals surface area (Å²) >= 11 is 3.26. The third kappa shape index (κ3) is 4.46. The van der Waals surface area contributed by atoms with Gasteiger partial charge in [0.2, 0.25) is 0 Å². The lowest BCUT2D eigenvalue weighted by atomic mass is 10.2. The van der Waals surface area contributed by atoms with Crippen molar-refractivity contribution in [2.24, 2.45) is 0 Å². The van der Waals surface area contributed by atoms with Gasteiger partial charge in [-0.2, -0.15) is 13.2 Å². The van der Waals surface area contributed by atoms with Gasteiger partial charge in [-0.05, 0) is 48.4 Å². The molecule has 0 fully saturated rings. The molecule has 9 heteroatoms. The second-order valence-corrected chi connectivity index (χ2v) is 7.69. The fraction of sp³-hybridized carbons (Fsp3) is 0.250. The maximum Gasteiger partial charge on any atom is 0.416 e. The number of hydrogen-bond donors (Lipinski definition) is 1. The SMILES string of the molecule is CCc1cc(Br)ccc1S(=O)(=O)Nc1cc(C(F)(F)F)ccc1OC. The predicted octanol–water partition coefficient (Wildman–Crippen LogP) is 4.84. The summed E-state index contributed by atoms with van der Waals surface area (Å²) in [5.41, 5.74) is -0.715. The Kier molecular flexibility index (Phi) is 5.68. The Morgan fingerprint density at radius 2 is 1.84 bits per heavy atom. The second kappa shape index (κ2) is 7.25. The Balaban J connectivity index is 2.51. The Labute approximate surface area is 152 Å². The van der Waals surface area contributed by atoms with Gasteiger partial charge in [0.15, 0.2) is 0 Å². The average molecular weight is 438 g/mol. The molecule has 2 aromatic carbocycles. The van der Waals surface area contributed by atoms with E-state index in [-0.39, 0.29) is 16.3 Å². The molecule has 0 aliphatic rings. The molecule has 0 aromatic heterocycles. The van der Waals surface area contributed by atoms with Crippen molar-refractivity contribution in [1.29, 1.82) is 0 Å². The lowest BCUT2D eigenvalue weighted by Crippen LogP contribution is -2.16. The van der Waals surface area contributed by atoms with Crippen molar-refractivity contribution in [2.45, 2.75) is 24.4 Å². The minimum absolute atomic E-state index is 0.00216. The van der Waals surface area contributed by atoms with E-state index in [1.165, 1.54) is 13.2 Å². The van der Waals surface area contributed by atoms with Gasteiger partial charge in [0.05, 0.1) is 23.3 Å². The topological polar surface area (TPSA) is 55.4 Å². The Morgan fingerprint density at radius 1 is 1.16 bits per heavy atom. The number of halogens is 4. The van der Waals surface area contributed by atoms with Gasteiger partial charge >= 0.3 is 6.18 Å². The maximum atomic E-state index is 12.9. The lowest BCUT2D eigenvalue weighted by Gasteiger charge is -2.16. The number of hydrogen-bond acceptors (Lipinski definition) is 3. The zero-order valence-corrected chi connectivity index (χ0v) is 15.7. The van der Waals surface area contributed by atoms with Crippen LogP contribution in [0.5, 0.6) is 5.75 Å². The molecular formula is C16H15BrF3NO3S. The van der Waals surface area contributed by atoms with Crippen molar-refractivity contribution in [3.63, 3.8) is 0 Å². The molecule has 136 valence electrons. The van der Waals surface area contributed by atoms with Crippen LogP contribution in [-0.4, -0.2) is 15.5 Å². The van der Waals surface area contributed by atoms with E-state index < -0.39 is 21.8 Å². The van der Waals surface area contributed by atoms with E-state index in [2.05, 4.69) is 20.7 Å². The van der Waals surface area contributed by atoms with Gasteiger partial charge in [0, 0.05) is 4.47 Å². The largest absolute Gasteiger partial charge is 0.495 e. The van der Waals surface area contributed by atoms with Gasteiger partial charge in [-0.3, -0.25) is 4.72 Å². The first-order valence-electron chi connectivity index (χ1n) is 7.15. The summed E-state index contributed by atoms with van der Waals surface area (Å²) in [4.78, 5) is -0.00216. The van der Waals surface area contributed by atoms with Gasteiger partial charge in [-0.25, -0.2) is 8.42 Å². The van der Waals surface area contributed by atoms with Crippen molar-refractivity contribution in [2.75, 3.05) is 11.8 Å². The molecule has 2 aromatic rings. The molecule has 0 unspecified atom stereocenters. The number of alkyl halides is 3. The van der Waals surface area contributed by atoms with E-state index in [4.69, 9.17) is 4.74 Å². The summed E-state index contributed by atoms with van der Waals surface area (Å²) in [7, 11) is -2.84. The number of methoxy groups -OCH3 is 1. The molecule has 0 saturated heterocycles. The van der Waals surface area contributed by atoms with Crippen LogP contribution in [-0.2, 0) is 22.6 Å². The van der Waals surface area contributed by atoms with Crippen LogP contribution < -0.4 is 9.46 Å². The summed E-state index contributed by atoms with van der Waals surface area (Å²) in [6, 6.07) is 7.21. The fourth-order valence-electron chi connectivity index (χ4n) is 2.25. The van der Waals surface area contributed by atoms with E-state index in [0.29, 0.717) is 22.5 Å². The summed E-state index contributed by atoms with van der Waals surface area (Å²) in [5.74, 6) is -0.00765. The van der Waals surface area contributed by atoms with Crippen molar-refractivity contribution in [3.8, 4) is 5.75 Å². The van der Waals surface area contributed by atoms with Gasteiger partial charge in [-0.15, -0.1) is 0 Å². The molecule has 0 bridgehead atoms. The van der Waals surface area contributed by atoms with Crippen molar-refractivity contribution >= 4 is 31.6 Å². The summed E-state index contributed by atoms with van der Waals surface area (Å²) in [6.07, 6.45) is -4.16. The van der Waals surface area contributed by atoms with E-state index in [1.807, 2.05) is 0 Å². The van der Waals surface area contributed by atoms with Crippen LogP contribution in [0, 0.1) is 0 Å². The smallest absolute Gasteiger partial charge is 0.416 e. The molecule has 0 aliphatic heterocycles. The number of nitrogens with one attached hydrogen (secondary N) is 1. The van der Waals surface area contributed by atoms with Gasteiger partial charge in [-0.1, -0.05) is 22.9 Å². The summed E-state index contributed by atoms with van der Waals surface area (Å²) in [6.45, 7) is 1.78. The number of sulfonamides is 1.